The molecule has 1 aliphatic rings. The Bertz CT molecular complexity index is 1710. The van der Waals surface area contributed by atoms with Gasteiger partial charge in [-0.1, -0.05) is 59.7 Å². The van der Waals surface area contributed by atoms with Gasteiger partial charge in [0.1, 0.15) is 24.5 Å². The number of hydrogen-bond acceptors (Lipinski definition) is 6. The molecule has 4 aromatic carbocycles. The first kappa shape index (κ1) is 30.8. The minimum absolute atomic E-state index is 0.184. The molecule has 0 aromatic heterocycles. The highest BCUT2D eigenvalue weighted by molar-refractivity contribution is 14.1. The largest absolute Gasteiger partial charge is 0.490 e. The second kappa shape index (κ2) is 13.8. The first-order valence-electron chi connectivity index (χ1n) is 14.1. The maximum atomic E-state index is 13.5. The molecule has 0 saturated carbocycles. The number of aryl methyl sites for hydroxylation is 2. The van der Waals surface area contributed by atoms with Crippen molar-refractivity contribution < 1.29 is 28.6 Å². The summed E-state index contributed by atoms with van der Waals surface area (Å²) in [7, 11) is 0. The number of nitrogens with zero attached hydrogens (tertiary/aromatic N) is 1. The van der Waals surface area contributed by atoms with Crippen LogP contribution in [0.1, 0.15) is 34.7 Å². The molecule has 224 valence electrons. The van der Waals surface area contributed by atoms with Crippen molar-refractivity contribution in [2.45, 2.75) is 34.0 Å². The summed E-state index contributed by atoms with van der Waals surface area (Å²) in [5.41, 5.74) is 5.03. The van der Waals surface area contributed by atoms with Crippen molar-refractivity contribution in [3.8, 4) is 17.2 Å². The van der Waals surface area contributed by atoms with Crippen LogP contribution in [0.25, 0.3) is 6.08 Å². The maximum Gasteiger partial charge on any atom is 0.335 e. The molecule has 0 atom stereocenters. The molecular formula is C35H31IN2O6. The van der Waals surface area contributed by atoms with Gasteiger partial charge in [-0.3, -0.25) is 14.9 Å². The monoisotopic (exact) mass is 702 g/mol. The highest BCUT2D eigenvalue weighted by atomic mass is 127. The molecule has 0 bridgehead atoms. The van der Waals surface area contributed by atoms with E-state index in [0.29, 0.717) is 48.3 Å². The van der Waals surface area contributed by atoms with Gasteiger partial charge >= 0.3 is 6.03 Å². The molecule has 44 heavy (non-hydrogen) atoms. The molecule has 1 aliphatic heterocycles. The Morgan fingerprint density at radius 3 is 2.16 bits per heavy atom. The SMILES string of the molecule is CCOc1cc(/C=C2\C(=O)NC(=O)N(c3ccc(OCc4ccccc4)cc3)C2=O)cc(I)c1OCc1cc(C)cc(C)c1. The minimum atomic E-state index is -0.824. The average molecular weight is 703 g/mol. The molecule has 4 aromatic rings. The Morgan fingerprint density at radius 2 is 1.48 bits per heavy atom. The van der Waals surface area contributed by atoms with Crippen LogP contribution in [-0.4, -0.2) is 24.5 Å². The predicted molar refractivity (Wildman–Crippen MR) is 177 cm³/mol. The van der Waals surface area contributed by atoms with Crippen LogP contribution in [0, 0.1) is 17.4 Å². The van der Waals surface area contributed by atoms with Gasteiger partial charge in [0.2, 0.25) is 0 Å². The summed E-state index contributed by atoms with van der Waals surface area (Å²) in [6, 6.07) is 25.2. The molecule has 0 unspecified atom stereocenters. The summed E-state index contributed by atoms with van der Waals surface area (Å²) in [6.45, 7) is 7.08. The summed E-state index contributed by atoms with van der Waals surface area (Å²) < 4.78 is 18.6. The van der Waals surface area contributed by atoms with Crippen molar-refractivity contribution in [2.75, 3.05) is 11.5 Å². The number of rotatable bonds is 10. The lowest BCUT2D eigenvalue weighted by Crippen LogP contribution is -2.54. The number of halogens is 1. The fourth-order valence-electron chi connectivity index (χ4n) is 4.87. The fourth-order valence-corrected chi connectivity index (χ4v) is 5.65. The van der Waals surface area contributed by atoms with E-state index in [4.69, 9.17) is 14.2 Å². The Morgan fingerprint density at radius 1 is 0.795 bits per heavy atom. The number of amides is 4. The lowest BCUT2D eigenvalue weighted by atomic mass is 10.1. The van der Waals surface area contributed by atoms with Crippen LogP contribution in [0.4, 0.5) is 10.5 Å². The second-order valence-corrected chi connectivity index (χ2v) is 11.4. The van der Waals surface area contributed by atoms with Crippen molar-refractivity contribution >= 4 is 52.2 Å². The Labute approximate surface area is 269 Å². The van der Waals surface area contributed by atoms with E-state index in [1.54, 1.807) is 36.4 Å². The number of hydrogen-bond donors (Lipinski definition) is 1. The molecule has 4 amide bonds. The summed E-state index contributed by atoms with van der Waals surface area (Å²) >= 11 is 2.15. The number of benzene rings is 4. The van der Waals surface area contributed by atoms with E-state index in [2.05, 4.69) is 46.1 Å². The lowest BCUT2D eigenvalue weighted by molar-refractivity contribution is -0.122. The van der Waals surface area contributed by atoms with Crippen LogP contribution in [0.15, 0.2) is 90.5 Å². The molecule has 0 spiro atoms. The smallest absolute Gasteiger partial charge is 0.335 e. The van der Waals surface area contributed by atoms with Gasteiger partial charge in [0.15, 0.2) is 11.5 Å². The van der Waals surface area contributed by atoms with Gasteiger partial charge in [-0.25, -0.2) is 9.69 Å². The standard InChI is InChI=1S/C35H31IN2O6/c1-4-42-31-19-25(18-30(36)32(31)44-21-26-15-22(2)14-23(3)16-26)17-29-33(39)37-35(41)38(34(29)40)27-10-12-28(13-11-27)43-20-24-8-6-5-7-9-24/h5-19H,4,20-21H2,1-3H3,(H,37,39,41)/b29-17+. The summed E-state index contributed by atoms with van der Waals surface area (Å²) in [6.07, 6.45) is 1.45. The quantitative estimate of drug-likeness (QED) is 0.107. The maximum absolute atomic E-state index is 13.5. The van der Waals surface area contributed by atoms with E-state index in [9.17, 15) is 14.4 Å². The first-order valence-corrected chi connectivity index (χ1v) is 15.1. The van der Waals surface area contributed by atoms with E-state index >= 15 is 0 Å². The van der Waals surface area contributed by atoms with Crippen LogP contribution < -0.4 is 24.4 Å². The number of anilines is 1. The van der Waals surface area contributed by atoms with Crippen LogP contribution in [0.5, 0.6) is 17.2 Å². The molecule has 9 heteroatoms. The predicted octanol–water partition coefficient (Wildman–Crippen LogP) is 7.13. The van der Waals surface area contributed by atoms with Crippen LogP contribution in [0.2, 0.25) is 0 Å². The van der Waals surface area contributed by atoms with Gasteiger partial charge < -0.3 is 14.2 Å². The summed E-state index contributed by atoms with van der Waals surface area (Å²) in [5, 5.41) is 2.27. The molecule has 5 rings (SSSR count). The number of nitrogens with one attached hydrogen (secondary N) is 1. The van der Waals surface area contributed by atoms with Gasteiger partial charge in [0, 0.05) is 0 Å². The number of urea groups is 1. The summed E-state index contributed by atoms with van der Waals surface area (Å²) in [4.78, 5) is 40.0. The zero-order chi connectivity index (χ0) is 31.2. The number of carbonyl (C=O) groups is 3. The number of imide groups is 2. The summed E-state index contributed by atoms with van der Waals surface area (Å²) in [5.74, 6) is 0.118. The van der Waals surface area contributed by atoms with Crippen molar-refractivity contribution in [3.05, 3.63) is 122 Å². The van der Waals surface area contributed by atoms with E-state index in [-0.39, 0.29) is 5.57 Å². The lowest BCUT2D eigenvalue weighted by Gasteiger charge is -2.26. The second-order valence-electron chi connectivity index (χ2n) is 10.3. The normalized spacial score (nSPS) is 14.0. The minimum Gasteiger partial charge on any atom is -0.490 e. The van der Waals surface area contributed by atoms with E-state index in [1.165, 1.54) is 6.08 Å². The molecule has 8 nitrogen and oxygen atoms in total. The topological polar surface area (TPSA) is 94.2 Å². The zero-order valence-corrected chi connectivity index (χ0v) is 26.7. The highest BCUT2D eigenvalue weighted by Gasteiger charge is 2.37. The third kappa shape index (κ3) is 7.28. The molecule has 0 radical (unpaired) electrons. The first-order chi connectivity index (χ1) is 21.2. The highest BCUT2D eigenvalue weighted by Crippen LogP contribution is 2.36. The van der Waals surface area contributed by atoms with Gasteiger partial charge in [-0.05, 0) is 103 Å². The number of barbiturate groups is 1. The third-order valence-corrected chi connectivity index (χ3v) is 7.55. The van der Waals surface area contributed by atoms with E-state index < -0.39 is 17.8 Å². The van der Waals surface area contributed by atoms with Gasteiger partial charge in [-0.15, -0.1) is 0 Å². The van der Waals surface area contributed by atoms with Crippen LogP contribution >= 0.6 is 22.6 Å². The van der Waals surface area contributed by atoms with Crippen molar-refractivity contribution in [1.82, 2.24) is 5.32 Å². The van der Waals surface area contributed by atoms with Gasteiger partial charge in [0.05, 0.1) is 15.9 Å². The molecular weight excluding hydrogens is 671 g/mol. The zero-order valence-electron chi connectivity index (χ0n) is 24.6. The Balaban J connectivity index is 1.36. The molecule has 1 fully saturated rings. The van der Waals surface area contributed by atoms with Crippen molar-refractivity contribution in [1.29, 1.82) is 0 Å². The molecule has 0 aliphatic carbocycles. The van der Waals surface area contributed by atoms with Gasteiger partial charge in [-0.2, -0.15) is 0 Å². The van der Waals surface area contributed by atoms with E-state index in [1.807, 2.05) is 51.1 Å². The van der Waals surface area contributed by atoms with Crippen LogP contribution in [0.3, 0.4) is 0 Å². The average Bonchev–Trinajstić information content (AvgIpc) is 2.98. The number of ether oxygens (including phenoxy) is 3. The Kier molecular flexibility index (Phi) is 9.64. The molecule has 1 N–H and O–H groups in total. The fraction of sp³-hybridized carbons (Fsp3) is 0.171. The van der Waals surface area contributed by atoms with Crippen molar-refractivity contribution in [2.24, 2.45) is 0 Å². The molecule has 1 heterocycles. The third-order valence-electron chi connectivity index (χ3n) is 6.75. The van der Waals surface area contributed by atoms with E-state index in [0.717, 1.165) is 30.7 Å². The Hall–Kier alpha value is -4.64. The van der Waals surface area contributed by atoms with Gasteiger partial charge in [0.25, 0.3) is 11.8 Å². The molecule has 1 saturated heterocycles. The van der Waals surface area contributed by atoms with Crippen LogP contribution in [-0.2, 0) is 22.8 Å². The van der Waals surface area contributed by atoms with Crippen molar-refractivity contribution in [3.63, 3.8) is 0 Å². The number of carbonyl (C=O) groups excluding carboxylic acids is 3.